The molecule has 232 valence electrons. The summed E-state index contributed by atoms with van der Waals surface area (Å²) in [5, 5.41) is 72.9. The van der Waals surface area contributed by atoms with Crippen molar-refractivity contribution in [2.24, 2.45) is 5.73 Å². The average Bonchev–Trinajstić information content (AvgIpc) is 3.20. The first-order valence-corrected chi connectivity index (χ1v) is 13.2. The van der Waals surface area contributed by atoms with Crippen LogP contribution >= 0.6 is 8.25 Å². The molecular formula is C20H32N5O15P. The Kier molecular flexibility index (Phi) is 10.9. The molecule has 12 N–H and O–H groups in total. The molecule has 11 atom stereocenters. The summed E-state index contributed by atoms with van der Waals surface area (Å²) in [6.07, 6.45) is -13.8. The van der Waals surface area contributed by atoms with Crippen molar-refractivity contribution >= 4 is 25.9 Å². The maximum Gasteiger partial charge on any atom is 0.364 e. The topological polar surface area (TPSA) is 329 Å². The number of carbonyl (C=O) groups is 2. The SMILES string of the molecule is NCC(=O)N[C@H]1C([C@H](O)[C@H](O)CO)O[C@](O[PH](=O)OC[C@H]2O[C@@H](n3ccc(N)nc3=O)[C@@H](O)C2O)(C(=O)O)C[C@H]1O. The number of nitrogen functional groups attached to an aromatic ring is 1. The second kappa shape index (κ2) is 13.6. The first-order valence-electron chi connectivity index (χ1n) is 12.0. The average molecular weight is 613 g/mol. The Morgan fingerprint density at radius 3 is 2.56 bits per heavy atom. The number of nitrogens with two attached hydrogens (primary N) is 2. The standard InChI is InChI=1S/C20H32N5O15P/c21-4-11(29)24-12-7(27)3-20(18(33)34,39-16(12)13(30)8(28)5-26)40-41(36)37-6-9-14(31)15(32)17(38-9)25-2-1-10(22)23-19(25)35/h1-2,7-9,12-17,26-28,30-32,41H,3-6,21H2,(H,24,29)(H,33,34)(H2,22,23,35)/t7-,8-,9-,12-,13-,14?,15+,16?,17-,20-/m1/s1. The molecule has 0 saturated carbocycles. The summed E-state index contributed by atoms with van der Waals surface area (Å²) in [6, 6.07) is -0.312. The second-order valence-electron chi connectivity index (χ2n) is 9.20. The first-order chi connectivity index (χ1) is 19.2. The Morgan fingerprint density at radius 1 is 1.29 bits per heavy atom. The van der Waals surface area contributed by atoms with Gasteiger partial charge in [-0.25, -0.2) is 9.59 Å². The van der Waals surface area contributed by atoms with E-state index in [1.807, 2.05) is 0 Å². The third kappa shape index (κ3) is 7.25. The van der Waals surface area contributed by atoms with Crippen molar-refractivity contribution < 1.29 is 68.4 Å². The largest absolute Gasteiger partial charge is 0.477 e. The molecule has 20 nitrogen and oxygen atoms in total. The zero-order chi connectivity index (χ0) is 30.6. The molecule has 3 heterocycles. The normalized spacial score (nSPS) is 34.1. The Morgan fingerprint density at radius 2 is 1.98 bits per heavy atom. The lowest BCUT2D eigenvalue weighted by atomic mass is 9.88. The van der Waals surface area contributed by atoms with Gasteiger partial charge in [-0.1, -0.05) is 0 Å². The number of carboxylic acids is 1. The number of nitrogens with one attached hydrogen (secondary N) is 1. The highest BCUT2D eigenvalue weighted by Gasteiger charge is 2.57. The van der Waals surface area contributed by atoms with E-state index in [1.165, 1.54) is 6.07 Å². The van der Waals surface area contributed by atoms with Gasteiger partial charge in [-0.2, -0.15) is 4.98 Å². The molecule has 0 aromatic carbocycles. The van der Waals surface area contributed by atoms with Crippen LogP contribution in [0.1, 0.15) is 12.6 Å². The molecule has 1 aromatic heterocycles. The molecule has 3 unspecified atom stereocenters. The molecule has 2 aliphatic rings. The molecule has 3 rings (SSSR count). The van der Waals surface area contributed by atoms with Gasteiger partial charge in [0.05, 0.1) is 31.9 Å². The monoisotopic (exact) mass is 613 g/mol. The van der Waals surface area contributed by atoms with Gasteiger partial charge in [0.25, 0.3) is 5.79 Å². The molecule has 0 spiro atoms. The number of hydrogen-bond donors (Lipinski definition) is 10. The molecule has 2 aliphatic heterocycles. The number of ether oxygens (including phenoxy) is 2. The van der Waals surface area contributed by atoms with Gasteiger partial charge >= 0.3 is 19.9 Å². The van der Waals surface area contributed by atoms with E-state index >= 15 is 0 Å². The van der Waals surface area contributed by atoms with Crippen LogP contribution in [0.25, 0.3) is 0 Å². The van der Waals surface area contributed by atoms with Crippen LogP contribution in [0.4, 0.5) is 5.82 Å². The number of rotatable bonds is 12. The van der Waals surface area contributed by atoms with Gasteiger partial charge in [-0.05, 0) is 6.07 Å². The molecule has 0 aliphatic carbocycles. The quantitative estimate of drug-likeness (QED) is 0.0980. The summed E-state index contributed by atoms with van der Waals surface area (Å²) in [4.78, 5) is 39.6. The summed E-state index contributed by atoms with van der Waals surface area (Å²) in [5.74, 6) is -5.85. The second-order valence-corrected chi connectivity index (χ2v) is 10.2. The Balaban J connectivity index is 1.74. The van der Waals surface area contributed by atoms with Crippen molar-refractivity contribution in [3.8, 4) is 0 Å². The van der Waals surface area contributed by atoms with Crippen molar-refractivity contribution in [1.29, 1.82) is 0 Å². The van der Waals surface area contributed by atoms with E-state index < -0.39 is 113 Å². The summed E-state index contributed by atoms with van der Waals surface area (Å²) >= 11 is 0. The number of aromatic nitrogens is 2. The van der Waals surface area contributed by atoms with E-state index in [1.54, 1.807) is 0 Å². The number of aliphatic hydroxyl groups is 6. The van der Waals surface area contributed by atoms with Gasteiger partial charge in [0.1, 0.15) is 42.4 Å². The van der Waals surface area contributed by atoms with Crippen LogP contribution in [-0.2, 0) is 32.7 Å². The van der Waals surface area contributed by atoms with Crippen molar-refractivity contribution in [3.05, 3.63) is 22.7 Å². The lowest BCUT2D eigenvalue weighted by molar-refractivity contribution is -0.285. The van der Waals surface area contributed by atoms with E-state index in [0.29, 0.717) is 0 Å². The van der Waals surface area contributed by atoms with Gasteiger partial charge in [0.15, 0.2) is 6.23 Å². The van der Waals surface area contributed by atoms with E-state index in [4.69, 9.17) is 30.0 Å². The zero-order valence-electron chi connectivity index (χ0n) is 21.1. The minimum absolute atomic E-state index is 0.106. The van der Waals surface area contributed by atoms with Crippen LogP contribution in [0.2, 0.25) is 0 Å². The Labute approximate surface area is 231 Å². The van der Waals surface area contributed by atoms with Gasteiger partial charge in [-0.3, -0.25) is 18.5 Å². The fraction of sp³-hybridized carbons (Fsp3) is 0.700. The van der Waals surface area contributed by atoms with E-state index in [9.17, 15) is 54.7 Å². The minimum Gasteiger partial charge on any atom is -0.477 e. The molecule has 21 heteroatoms. The van der Waals surface area contributed by atoms with Crippen molar-refractivity contribution in [3.63, 3.8) is 0 Å². The molecule has 41 heavy (non-hydrogen) atoms. The molecule has 1 amide bonds. The third-order valence-corrected chi connectivity index (χ3v) is 7.30. The number of amides is 1. The summed E-state index contributed by atoms with van der Waals surface area (Å²) in [7, 11) is -3.89. The maximum absolute atomic E-state index is 12.7. The Hall–Kier alpha value is -2.59. The highest BCUT2D eigenvalue weighted by Crippen LogP contribution is 2.41. The smallest absolute Gasteiger partial charge is 0.364 e. The van der Waals surface area contributed by atoms with E-state index in [2.05, 4.69) is 10.3 Å². The summed E-state index contributed by atoms with van der Waals surface area (Å²) in [6.45, 7) is -2.35. The third-order valence-electron chi connectivity index (χ3n) is 6.41. The van der Waals surface area contributed by atoms with Crippen LogP contribution in [0, 0.1) is 0 Å². The lowest BCUT2D eigenvalue weighted by Gasteiger charge is -2.46. The van der Waals surface area contributed by atoms with Crippen LogP contribution in [0.5, 0.6) is 0 Å². The van der Waals surface area contributed by atoms with Crippen LogP contribution in [0.3, 0.4) is 0 Å². The van der Waals surface area contributed by atoms with Crippen LogP contribution in [-0.4, -0.2) is 131 Å². The lowest BCUT2D eigenvalue weighted by Crippen LogP contribution is -2.68. The molecule has 1 aromatic rings. The fourth-order valence-corrected chi connectivity index (χ4v) is 5.12. The predicted molar refractivity (Wildman–Crippen MR) is 131 cm³/mol. The fourth-order valence-electron chi connectivity index (χ4n) is 4.27. The molecular weight excluding hydrogens is 581 g/mol. The number of carboxylic acid groups (broad SMARTS) is 1. The van der Waals surface area contributed by atoms with Gasteiger partial charge in [-0.15, -0.1) is 0 Å². The highest BCUT2D eigenvalue weighted by molar-refractivity contribution is 7.33. The van der Waals surface area contributed by atoms with Gasteiger partial charge in [0, 0.05) is 12.6 Å². The number of nitrogens with zero attached hydrogens (tertiary/aromatic N) is 2. The Bertz CT molecular complexity index is 1170. The van der Waals surface area contributed by atoms with E-state index in [-0.39, 0.29) is 5.82 Å². The molecule has 0 radical (unpaired) electrons. The van der Waals surface area contributed by atoms with E-state index in [0.717, 1.165) is 10.8 Å². The maximum atomic E-state index is 12.7. The van der Waals surface area contributed by atoms with Gasteiger partial charge in [0.2, 0.25) is 5.91 Å². The zero-order valence-corrected chi connectivity index (χ0v) is 22.1. The molecule has 2 fully saturated rings. The summed E-state index contributed by atoms with van der Waals surface area (Å²) < 4.78 is 34.3. The van der Waals surface area contributed by atoms with Crippen molar-refractivity contribution in [2.75, 3.05) is 25.5 Å². The van der Waals surface area contributed by atoms with Crippen LogP contribution < -0.4 is 22.5 Å². The minimum atomic E-state index is -3.89. The molecule has 2 saturated heterocycles. The van der Waals surface area contributed by atoms with Gasteiger partial charge < -0.3 is 66.5 Å². The number of aliphatic carboxylic acids is 1. The predicted octanol–water partition coefficient (Wildman–Crippen LogP) is -6.04. The first kappa shape index (κ1) is 32.9. The number of hydrogen-bond acceptors (Lipinski definition) is 17. The number of aliphatic hydroxyl groups excluding tert-OH is 6. The summed E-state index contributed by atoms with van der Waals surface area (Å²) in [5.41, 5.74) is 9.76. The molecule has 0 bridgehead atoms. The highest BCUT2D eigenvalue weighted by atomic mass is 31.1. The van der Waals surface area contributed by atoms with Crippen LogP contribution in [0.15, 0.2) is 17.1 Å². The van der Waals surface area contributed by atoms with Crippen molar-refractivity contribution in [1.82, 2.24) is 14.9 Å². The number of carbonyl (C=O) groups excluding carboxylic acids is 1. The van der Waals surface area contributed by atoms with Crippen molar-refractivity contribution in [2.45, 2.75) is 67.2 Å². The number of anilines is 1.